The number of fused-ring (bicyclic) bond motifs is 1. The van der Waals surface area contributed by atoms with Crippen molar-refractivity contribution >= 4 is 33.1 Å². The fraction of sp³-hybridized carbons (Fsp3) is 0.278. The molecule has 4 rings (SSSR count). The van der Waals surface area contributed by atoms with Crippen LogP contribution in [-0.2, 0) is 0 Å². The van der Waals surface area contributed by atoms with Crippen LogP contribution in [0.5, 0.6) is 0 Å². The number of pyridine rings is 1. The van der Waals surface area contributed by atoms with Crippen LogP contribution in [0.3, 0.4) is 0 Å². The standard InChI is InChI=1S/C18H21N7S/c1-11(24-17-14-6-7-26-18(14)23-10-22-17)16-5-4-13(8-21-16)25(20)9-15(19)12-2-3-12/h4-12H,2-3,19-20H2,1H3,(H,22,23,24)/b15-9-. The summed E-state index contributed by atoms with van der Waals surface area (Å²) in [5.74, 6) is 7.37. The lowest BCUT2D eigenvalue weighted by molar-refractivity contribution is 0.831. The van der Waals surface area contributed by atoms with E-state index in [0.29, 0.717) is 5.92 Å². The van der Waals surface area contributed by atoms with Gasteiger partial charge in [0.1, 0.15) is 17.0 Å². The summed E-state index contributed by atoms with van der Waals surface area (Å²) in [4.78, 5) is 14.1. The molecule has 1 fully saturated rings. The average molecular weight is 367 g/mol. The second-order valence-electron chi connectivity index (χ2n) is 6.48. The van der Waals surface area contributed by atoms with Crippen molar-refractivity contribution < 1.29 is 0 Å². The van der Waals surface area contributed by atoms with Gasteiger partial charge in [-0.3, -0.25) is 9.99 Å². The van der Waals surface area contributed by atoms with E-state index in [1.165, 1.54) is 5.01 Å². The highest BCUT2D eigenvalue weighted by molar-refractivity contribution is 7.16. The van der Waals surface area contributed by atoms with Crippen LogP contribution in [0.4, 0.5) is 11.5 Å². The molecule has 0 radical (unpaired) electrons. The number of hydrogen-bond acceptors (Lipinski definition) is 8. The second-order valence-corrected chi connectivity index (χ2v) is 7.37. The van der Waals surface area contributed by atoms with E-state index in [-0.39, 0.29) is 6.04 Å². The first-order chi connectivity index (χ1) is 12.6. The van der Waals surface area contributed by atoms with Gasteiger partial charge in [-0.15, -0.1) is 11.3 Å². The Morgan fingerprint density at radius 2 is 2.15 bits per heavy atom. The predicted octanol–water partition coefficient (Wildman–Crippen LogP) is 3.15. The monoisotopic (exact) mass is 367 g/mol. The molecule has 0 bridgehead atoms. The summed E-state index contributed by atoms with van der Waals surface area (Å²) < 4.78 is 0. The number of allylic oxidation sites excluding steroid dienone is 1. The van der Waals surface area contributed by atoms with Crippen molar-refractivity contribution in [3.05, 3.63) is 53.7 Å². The van der Waals surface area contributed by atoms with E-state index in [0.717, 1.165) is 46.0 Å². The molecule has 7 nitrogen and oxygen atoms in total. The minimum atomic E-state index is 0.000324. The minimum absolute atomic E-state index is 0.000324. The maximum Gasteiger partial charge on any atom is 0.138 e. The van der Waals surface area contributed by atoms with Gasteiger partial charge in [0.05, 0.1) is 29.0 Å². The van der Waals surface area contributed by atoms with Crippen LogP contribution < -0.4 is 21.9 Å². The van der Waals surface area contributed by atoms with Crippen molar-refractivity contribution in [2.24, 2.45) is 17.5 Å². The van der Waals surface area contributed by atoms with E-state index in [1.807, 2.05) is 30.5 Å². The van der Waals surface area contributed by atoms with Crippen LogP contribution >= 0.6 is 11.3 Å². The SMILES string of the molecule is CC(Nc1ncnc2sccc12)c1ccc(N(N)/C=C(\N)C2CC2)cn1. The fourth-order valence-electron chi connectivity index (χ4n) is 2.75. The highest BCUT2D eigenvalue weighted by Crippen LogP contribution is 2.34. The molecule has 0 amide bonds. The normalized spacial score (nSPS) is 15.8. The van der Waals surface area contributed by atoms with Gasteiger partial charge in [-0.2, -0.15) is 0 Å². The van der Waals surface area contributed by atoms with Crippen LogP contribution in [-0.4, -0.2) is 15.0 Å². The molecule has 1 saturated carbocycles. The zero-order valence-corrected chi connectivity index (χ0v) is 15.3. The molecule has 3 heterocycles. The summed E-state index contributed by atoms with van der Waals surface area (Å²) in [6.07, 6.45) is 7.41. The zero-order valence-electron chi connectivity index (χ0n) is 14.5. The number of thiophene rings is 1. The van der Waals surface area contributed by atoms with Crippen molar-refractivity contribution in [1.82, 2.24) is 15.0 Å². The molecule has 1 atom stereocenters. The Kier molecular flexibility index (Phi) is 4.44. The number of anilines is 2. The third-order valence-electron chi connectivity index (χ3n) is 4.46. The lowest BCUT2D eigenvalue weighted by Gasteiger charge is -2.17. The first kappa shape index (κ1) is 16.7. The van der Waals surface area contributed by atoms with Gasteiger partial charge in [0, 0.05) is 17.8 Å². The molecule has 3 aromatic heterocycles. The van der Waals surface area contributed by atoms with E-state index in [4.69, 9.17) is 11.6 Å². The largest absolute Gasteiger partial charge is 0.401 e. The number of nitrogens with one attached hydrogen (secondary N) is 1. The molecule has 26 heavy (non-hydrogen) atoms. The molecular formula is C18H21N7S. The lowest BCUT2D eigenvalue weighted by Crippen LogP contribution is -2.26. The van der Waals surface area contributed by atoms with Gasteiger partial charge in [-0.25, -0.2) is 15.8 Å². The van der Waals surface area contributed by atoms with Crippen molar-refractivity contribution in [3.8, 4) is 0 Å². The fourth-order valence-corrected chi connectivity index (χ4v) is 3.48. The number of nitrogens with two attached hydrogens (primary N) is 2. The number of aromatic nitrogens is 3. The summed E-state index contributed by atoms with van der Waals surface area (Å²) in [7, 11) is 0. The van der Waals surface area contributed by atoms with E-state index in [1.54, 1.807) is 30.1 Å². The molecular weight excluding hydrogens is 346 g/mol. The molecule has 1 aliphatic carbocycles. The summed E-state index contributed by atoms with van der Waals surface area (Å²) >= 11 is 1.60. The van der Waals surface area contributed by atoms with Gasteiger partial charge in [-0.1, -0.05) is 0 Å². The number of nitrogens with zero attached hydrogens (tertiary/aromatic N) is 4. The third kappa shape index (κ3) is 3.47. The molecule has 8 heteroatoms. The molecule has 5 N–H and O–H groups in total. The van der Waals surface area contributed by atoms with Gasteiger partial charge in [0.2, 0.25) is 0 Å². The van der Waals surface area contributed by atoms with E-state index >= 15 is 0 Å². The Hall–Kier alpha value is -2.71. The number of rotatable bonds is 6. The van der Waals surface area contributed by atoms with Crippen LogP contribution in [0, 0.1) is 5.92 Å². The molecule has 3 aromatic rings. The molecule has 1 unspecified atom stereocenters. The highest BCUT2D eigenvalue weighted by Gasteiger charge is 2.24. The predicted molar refractivity (Wildman–Crippen MR) is 105 cm³/mol. The van der Waals surface area contributed by atoms with Crippen LogP contribution in [0.1, 0.15) is 31.5 Å². The van der Waals surface area contributed by atoms with E-state index < -0.39 is 0 Å². The Morgan fingerprint density at radius 3 is 2.88 bits per heavy atom. The van der Waals surface area contributed by atoms with Crippen molar-refractivity contribution in [3.63, 3.8) is 0 Å². The average Bonchev–Trinajstić information content (AvgIpc) is 3.39. The molecule has 0 spiro atoms. The molecule has 1 aliphatic rings. The molecule has 0 aromatic carbocycles. The van der Waals surface area contributed by atoms with Gasteiger partial charge in [0.25, 0.3) is 0 Å². The Labute approximate surface area is 155 Å². The molecule has 0 aliphatic heterocycles. The summed E-state index contributed by atoms with van der Waals surface area (Å²) in [5.41, 5.74) is 8.55. The van der Waals surface area contributed by atoms with Crippen molar-refractivity contribution in [2.75, 3.05) is 10.3 Å². The summed E-state index contributed by atoms with van der Waals surface area (Å²) in [6, 6.07) is 5.92. The quantitative estimate of drug-likeness (QED) is 0.454. The van der Waals surface area contributed by atoms with E-state index in [9.17, 15) is 0 Å². The van der Waals surface area contributed by atoms with Crippen LogP contribution in [0.25, 0.3) is 10.2 Å². The van der Waals surface area contributed by atoms with Crippen molar-refractivity contribution in [1.29, 1.82) is 0 Å². The zero-order chi connectivity index (χ0) is 18.1. The van der Waals surface area contributed by atoms with Gasteiger partial charge >= 0.3 is 0 Å². The topological polar surface area (TPSA) is 106 Å². The van der Waals surface area contributed by atoms with Crippen LogP contribution in [0.15, 0.2) is 48.0 Å². The van der Waals surface area contributed by atoms with Gasteiger partial charge in [0.15, 0.2) is 0 Å². The number of hydrazine groups is 1. The first-order valence-electron chi connectivity index (χ1n) is 8.53. The third-order valence-corrected chi connectivity index (χ3v) is 5.29. The Balaban J connectivity index is 1.47. The lowest BCUT2D eigenvalue weighted by atomic mass is 10.2. The molecule has 0 saturated heterocycles. The second kappa shape index (κ2) is 6.89. The maximum atomic E-state index is 6.07. The van der Waals surface area contributed by atoms with E-state index in [2.05, 4.69) is 20.3 Å². The highest BCUT2D eigenvalue weighted by atomic mass is 32.1. The Bertz CT molecular complexity index is 930. The van der Waals surface area contributed by atoms with Crippen LogP contribution in [0.2, 0.25) is 0 Å². The first-order valence-corrected chi connectivity index (χ1v) is 9.41. The number of hydrogen-bond donors (Lipinski definition) is 3. The minimum Gasteiger partial charge on any atom is -0.401 e. The maximum absolute atomic E-state index is 6.07. The van der Waals surface area contributed by atoms with Gasteiger partial charge < -0.3 is 11.1 Å². The van der Waals surface area contributed by atoms with Crippen molar-refractivity contribution in [2.45, 2.75) is 25.8 Å². The Morgan fingerprint density at radius 1 is 1.31 bits per heavy atom. The molecule has 134 valence electrons. The smallest absolute Gasteiger partial charge is 0.138 e. The summed E-state index contributed by atoms with van der Waals surface area (Å²) in [6.45, 7) is 2.05. The van der Waals surface area contributed by atoms with Gasteiger partial charge in [-0.05, 0) is 43.3 Å². The summed E-state index contributed by atoms with van der Waals surface area (Å²) in [5, 5.41) is 7.97.